The lowest BCUT2D eigenvalue weighted by Crippen LogP contribution is -2.19. The van der Waals surface area contributed by atoms with Crippen LogP contribution < -0.4 is 5.32 Å². The van der Waals surface area contributed by atoms with Crippen molar-refractivity contribution < 1.29 is 4.79 Å². The lowest BCUT2D eigenvalue weighted by Gasteiger charge is -2.19. The molecule has 4 heteroatoms. The summed E-state index contributed by atoms with van der Waals surface area (Å²) >= 11 is 0. The molecule has 1 heterocycles. The van der Waals surface area contributed by atoms with Gasteiger partial charge in [-0.2, -0.15) is 0 Å². The molecule has 0 aliphatic heterocycles. The second kappa shape index (κ2) is 8.21. The van der Waals surface area contributed by atoms with Crippen molar-refractivity contribution >= 4 is 33.4 Å². The first-order chi connectivity index (χ1) is 15.9. The first-order valence-electron chi connectivity index (χ1n) is 11.2. The summed E-state index contributed by atoms with van der Waals surface area (Å²) in [5.74, 6) is 0.715. The van der Waals surface area contributed by atoms with Gasteiger partial charge in [0.05, 0.1) is 11.0 Å². The van der Waals surface area contributed by atoms with Crippen LogP contribution in [-0.2, 0) is 16.8 Å². The van der Waals surface area contributed by atoms with Gasteiger partial charge in [-0.3, -0.25) is 4.79 Å². The van der Waals surface area contributed by atoms with E-state index in [2.05, 4.69) is 50.4 Å². The van der Waals surface area contributed by atoms with E-state index in [4.69, 9.17) is 4.98 Å². The molecule has 33 heavy (non-hydrogen) atoms. The molecule has 5 rings (SSSR count). The number of fused-ring (bicyclic) bond motifs is 2. The number of carbonyl (C=O) groups excluding carboxylic acids is 1. The van der Waals surface area contributed by atoms with E-state index in [0.717, 1.165) is 38.9 Å². The highest BCUT2D eigenvalue weighted by atomic mass is 16.1. The van der Waals surface area contributed by atoms with Crippen molar-refractivity contribution in [1.29, 1.82) is 0 Å². The number of hydrogen-bond acceptors (Lipinski definition) is 2. The molecule has 0 aliphatic rings. The van der Waals surface area contributed by atoms with E-state index < -0.39 is 0 Å². The number of para-hydroxylation sites is 2. The van der Waals surface area contributed by atoms with Crippen molar-refractivity contribution in [3.8, 4) is 11.4 Å². The molecule has 5 aromatic rings. The van der Waals surface area contributed by atoms with Gasteiger partial charge in [0.25, 0.3) is 0 Å². The molecule has 0 bridgehead atoms. The fraction of sp³-hybridized carbons (Fsp3) is 0.172. The van der Waals surface area contributed by atoms with Crippen LogP contribution in [0, 0.1) is 0 Å². The quantitative estimate of drug-likeness (QED) is 0.339. The molecular weight excluding hydrogens is 406 g/mol. The fourth-order valence-electron chi connectivity index (χ4n) is 4.24. The normalized spacial score (nSPS) is 11.7. The molecule has 4 aromatic carbocycles. The standard InChI is InChI=1S/C29H27N3O/c1-29(2,3)22-17-15-21(16-18-22)28-31-25-12-6-7-14-26(25)32(28)19-27(33)30-24-13-8-10-20-9-4-5-11-23(20)24/h4-18H,19H2,1-3H3,(H,30,33). The number of imidazole rings is 1. The second-order valence-electron chi connectivity index (χ2n) is 9.41. The summed E-state index contributed by atoms with van der Waals surface area (Å²) in [7, 11) is 0. The summed E-state index contributed by atoms with van der Waals surface area (Å²) < 4.78 is 2.00. The van der Waals surface area contributed by atoms with E-state index in [-0.39, 0.29) is 17.9 Å². The minimum atomic E-state index is -0.0814. The highest BCUT2D eigenvalue weighted by Crippen LogP contribution is 2.29. The zero-order valence-electron chi connectivity index (χ0n) is 19.2. The maximum Gasteiger partial charge on any atom is 0.244 e. The SMILES string of the molecule is CC(C)(C)c1ccc(-c2nc3ccccc3n2CC(=O)Nc2cccc3ccccc23)cc1. The van der Waals surface area contributed by atoms with Crippen LogP contribution >= 0.6 is 0 Å². The maximum atomic E-state index is 13.2. The Hall–Kier alpha value is -3.92. The minimum Gasteiger partial charge on any atom is -0.324 e. The molecule has 164 valence electrons. The van der Waals surface area contributed by atoms with Gasteiger partial charge in [0.15, 0.2) is 0 Å². The number of amides is 1. The minimum absolute atomic E-state index is 0.0804. The summed E-state index contributed by atoms with van der Waals surface area (Å²) in [6, 6.07) is 30.5. The Balaban J connectivity index is 1.50. The van der Waals surface area contributed by atoms with E-state index in [1.165, 1.54) is 5.56 Å². The third-order valence-electron chi connectivity index (χ3n) is 6.03. The molecule has 1 aromatic heterocycles. The summed E-state index contributed by atoms with van der Waals surface area (Å²) in [5, 5.41) is 5.24. The molecule has 0 fully saturated rings. The van der Waals surface area contributed by atoms with Crippen LogP contribution in [0.15, 0.2) is 91.0 Å². The highest BCUT2D eigenvalue weighted by Gasteiger charge is 2.18. The first kappa shape index (κ1) is 21.0. The van der Waals surface area contributed by atoms with Crippen LogP contribution in [0.2, 0.25) is 0 Å². The lowest BCUT2D eigenvalue weighted by atomic mass is 9.87. The number of nitrogens with zero attached hydrogens (tertiary/aromatic N) is 2. The maximum absolute atomic E-state index is 13.2. The van der Waals surface area contributed by atoms with Gasteiger partial charge in [0.1, 0.15) is 12.4 Å². The van der Waals surface area contributed by atoms with Gasteiger partial charge in [0.2, 0.25) is 5.91 Å². The zero-order valence-corrected chi connectivity index (χ0v) is 19.2. The van der Waals surface area contributed by atoms with Crippen LogP contribution in [0.1, 0.15) is 26.3 Å². The summed E-state index contributed by atoms with van der Waals surface area (Å²) in [4.78, 5) is 18.0. The van der Waals surface area contributed by atoms with Crippen molar-refractivity contribution in [2.75, 3.05) is 5.32 Å². The number of rotatable bonds is 4. The van der Waals surface area contributed by atoms with Crippen molar-refractivity contribution in [1.82, 2.24) is 9.55 Å². The molecule has 0 atom stereocenters. The number of aromatic nitrogens is 2. The third-order valence-corrected chi connectivity index (χ3v) is 6.03. The van der Waals surface area contributed by atoms with Gasteiger partial charge in [-0.25, -0.2) is 4.98 Å². The van der Waals surface area contributed by atoms with Crippen molar-refractivity contribution in [2.24, 2.45) is 0 Å². The van der Waals surface area contributed by atoms with Gasteiger partial charge in [0, 0.05) is 16.6 Å². The molecule has 4 nitrogen and oxygen atoms in total. The number of nitrogens with one attached hydrogen (secondary N) is 1. The first-order valence-corrected chi connectivity index (χ1v) is 11.2. The summed E-state index contributed by atoms with van der Waals surface area (Å²) in [6.45, 7) is 6.79. The number of benzene rings is 4. The number of hydrogen-bond donors (Lipinski definition) is 1. The predicted octanol–water partition coefficient (Wildman–Crippen LogP) is 6.79. The Morgan fingerprint density at radius 3 is 2.33 bits per heavy atom. The van der Waals surface area contributed by atoms with Gasteiger partial charge < -0.3 is 9.88 Å². The second-order valence-corrected chi connectivity index (χ2v) is 9.41. The highest BCUT2D eigenvalue weighted by molar-refractivity contribution is 6.02. The molecule has 0 saturated heterocycles. The Morgan fingerprint density at radius 2 is 1.55 bits per heavy atom. The van der Waals surface area contributed by atoms with Crippen LogP contribution in [0.25, 0.3) is 33.2 Å². The van der Waals surface area contributed by atoms with Crippen LogP contribution in [0.4, 0.5) is 5.69 Å². The van der Waals surface area contributed by atoms with Crippen molar-refractivity contribution in [2.45, 2.75) is 32.7 Å². The zero-order chi connectivity index (χ0) is 23.0. The van der Waals surface area contributed by atoms with Crippen LogP contribution in [-0.4, -0.2) is 15.5 Å². The summed E-state index contributed by atoms with van der Waals surface area (Å²) in [6.07, 6.45) is 0. The average Bonchev–Trinajstić information content (AvgIpc) is 3.17. The third kappa shape index (κ3) is 4.12. The van der Waals surface area contributed by atoms with Gasteiger partial charge in [-0.05, 0) is 34.6 Å². The lowest BCUT2D eigenvalue weighted by molar-refractivity contribution is -0.116. The molecule has 0 unspecified atom stereocenters. The number of anilines is 1. The molecule has 1 N–H and O–H groups in total. The van der Waals surface area contributed by atoms with Crippen molar-refractivity contribution in [3.05, 3.63) is 96.6 Å². The Morgan fingerprint density at radius 1 is 0.848 bits per heavy atom. The van der Waals surface area contributed by atoms with Gasteiger partial charge in [-0.1, -0.05) is 93.6 Å². The predicted molar refractivity (Wildman–Crippen MR) is 136 cm³/mol. The summed E-state index contributed by atoms with van der Waals surface area (Å²) in [5.41, 5.74) is 4.99. The van der Waals surface area contributed by atoms with Crippen molar-refractivity contribution in [3.63, 3.8) is 0 Å². The molecule has 0 spiro atoms. The largest absolute Gasteiger partial charge is 0.324 e. The van der Waals surface area contributed by atoms with E-state index in [1.807, 2.05) is 71.3 Å². The van der Waals surface area contributed by atoms with E-state index in [1.54, 1.807) is 0 Å². The topological polar surface area (TPSA) is 46.9 Å². The van der Waals surface area contributed by atoms with Gasteiger partial charge >= 0.3 is 0 Å². The van der Waals surface area contributed by atoms with Gasteiger partial charge in [-0.15, -0.1) is 0 Å². The van der Waals surface area contributed by atoms with Crippen LogP contribution in [0.5, 0.6) is 0 Å². The molecule has 0 saturated carbocycles. The van der Waals surface area contributed by atoms with E-state index >= 15 is 0 Å². The molecule has 0 radical (unpaired) electrons. The van der Waals surface area contributed by atoms with E-state index in [0.29, 0.717) is 0 Å². The van der Waals surface area contributed by atoms with Crippen LogP contribution in [0.3, 0.4) is 0 Å². The molecule has 0 aliphatic carbocycles. The average molecular weight is 434 g/mol. The van der Waals surface area contributed by atoms with E-state index in [9.17, 15) is 4.79 Å². The monoisotopic (exact) mass is 433 g/mol. The fourth-order valence-corrected chi connectivity index (χ4v) is 4.24. The smallest absolute Gasteiger partial charge is 0.244 e. The molecular formula is C29H27N3O. The Bertz CT molecular complexity index is 1450. The molecule has 1 amide bonds. The number of carbonyl (C=O) groups is 1. The Kier molecular flexibility index (Phi) is 5.21. The Labute approximate surface area is 193 Å².